The van der Waals surface area contributed by atoms with Crippen molar-refractivity contribution in [1.29, 1.82) is 0 Å². The van der Waals surface area contributed by atoms with Gasteiger partial charge in [-0.3, -0.25) is 19.4 Å². The fraction of sp³-hybridized carbons (Fsp3) is 0.475. The molecule has 2 amide bonds. The summed E-state index contributed by atoms with van der Waals surface area (Å²) in [6.07, 6.45) is 10.6. The summed E-state index contributed by atoms with van der Waals surface area (Å²) in [7, 11) is -7.30. The lowest BCUT2D eigenvalue weighted by Crippen LogP contribution is -2.43. The van der Waals surface area contributed by atoms with Crippen molar-refractivity contribution in [3.05, 3.63) is 127 Å². The quantitative estimate of drug-likeness (QED) is 0.0582. The highest BCUT2D eigenvalue weighted by Crippen LogP contribution is 2.50. The molecule has 14 rings (SSSR count). The Labute approximate surface area is 532 Å². The summed E-state index contributed by atoms with van der Waals surface area (Å²) < 4.78 is 70.8. The maximum atomic E-state index is 13.5. The van der Waals surface area contributed by atoms with Gasteiger partial charge in [0.2, 0.25) is 21.8 Å². The number of anilines is 2. The van der Waals surface area contributed by atoms with Gasteiger partial charge in [0.15, 0.2) is 15.6 Å². The zero-order valence-corrected chi connectivity index (χ0v) is 52.4. The lowest BCUT2D eigenvalue weighted by atomic mass is 10.0. The lowest BCUT2D eigenvalue weighted by Gasteiger charge is -2.31. The maximum absolute atomic E-state index is 13.5. The first-order chi connectivity index (χ1) is 42.6. The number of aliphatic hydroxyl groups is 2. The van der Waals surface area contributed by atoms with Gasteiger partial charge in [-0.05, 0) is 138 Å². The Morgan fingerprint density at radius 2 is 1.02 bits per heavy atom. The maximum Gasteiger partial charge on any atom is 0.354 e. The molecule has 10 atom stereocenters. The molecule has 6 saturated carbocycles. The number of carboxylic acid groups (broad SMARTS) is 1. The van der Waals surface area contributed by atoms with Gasteiger partial charge in [0.1, 0.15) is 45.3 Å². The molecular formula is C61H63Cl4N7O15S2. The van der Waals surface area contributed by atoms with E-state index in [1.54, 1.807) is 58.3 Å². The number of primary sulfonamides is 1. The van der Waals surface area contributed by atoms with Crippen molar-refractivity contribution in [3.63, 3.8) is 0 Å². The molecule has 6 aromatic rings. The molecule has 472 valence electrons. The minimum atomic E-state index is -3.79. The average molecular weight is 1340 g/mol. The summed E-state index contributed by atoms with van der Waals surface area (Å²) in [5, 5.41) is 41.9. The summed E-state index contributed by atoms with van der Waals surface area (Å²) in [5.41, 5.74) is 5.13. The van der Waals surface area contributed by atoms with Crippen molar-refractivity contribution >= 4 is 101 Å². The number of nitrogens with zero attached hydrogens (tertiary/aromatic N) is 6. The molecule has 6 aliphatic carbocycles. The number of carboxylic acids is 1. The van der Waals surface area contributed by atoms with Crippen LogP contribution in [0, 0.1) is 11.8 Å². The van der Waals surface area contributed by atoms with Crippen LogP contribution in [0.3, 0.4) is 0 Å². The standard InChI is InChI=1S/C31H31Cl2N3O7S.C25H21Cl2N3O5.C5H11NO3S/c32-21-3-1-4-22(33)28(21)29-20(30(43-35-29)16-7-8-16)14-42-26-12-18-11-19(26)31(39)36(18)17-9-10-23(34-13-17)25(38)15-44(40,41)27-6-2-5-24(27)37;26-17-2-1-3-18(27)21(17)22-16(23(35-29-22)12-4-5-12)11-34-20-9-14-8-15(20)24(31)30(14)13-6-7-19(25(32)33)28-10-13;6-10(8,9)5-3-1-2-4(5)7/h1,3-4,9-10,13,16,18-19,24,26-27,37H,2,5-8,11-12,14-15H2;1-3,6-7,10,12,14-15,20H,4-5,8-9,11H2,(H,32,33);4-5,7H,1-3H2,(H2,6,8,9)/t18-,19+,24+,26+,27+;14-,15+,20+;4-,5-/m001/s1. The van der Waals surface area contributed by atoms with Gasteiger partial charge in [-0.25, -0.2) is 31.8 Å². The van der Waals surface area contributed by atoms with Crippen molar-refractivity contribution in [2.45, 2.75) is 162 Å². The number of halogens is 4. The number of piperidine rings is 2. The molecule has 8 aliphatic rings. The second-order valence-corrected chi connectivity index (χ2v) is 29.7. The number of Topliss-reactive ketones (excluding diaryl/α,β-unsaturated/α-hetero) is 1. The zero-order chi connectivity index (χ0) is 62.8. The zero-order valence-electron chi connectivity index (χ0n) is 47.7. The normalized spacial score (nSPS) is 26.2. The van der Waals surface area contributed by atoms with Crippen LogP contribution in [0.5, 0.6) is 0 Å². The van der Waals surface area contributed by atoms with Crippen LogP contribution >= 0.6 is 46.4 Å². The van der Waals surface area contributed by atoms with Gasteiger partial charge >= 0.3 is 5.97 Å². The van der Waals surface area contributed by atoms with E-state index in [1.165, 1.54) is 24.5 Å². The van der Waals surface area contributed by atoms with E-state index in [4.69, 9.17) is 80.3 Å². The lowest BCUT2D eigenvalue weighted by molar-refractivity contribution is -0.127. The Hall–Kier alpha value is -5.90. The third-order valence-electron chi connectivity index (χ3n) is 18.2. The van der Waals surface area contributed by atoms with Gasteiger partial charge in [-0.2, -0.15) is 0 Å². The third kappa shape index (κ3) is 13.0. The van der Waals surface area contributed by atoms with Crippen LogP contribution in [0.15, 0.2) is 82.1 Å². The number of aromatic carboxylic acids is 1. The molecule has 28 heteroatoms. The van der Waals surface area contributed by atoms with E-state index in [1.807, 2.05) is 0 Å². The average Bonchev–Trinajstić information content (AvgIpc) is 1.75. The Morgan fingerprint density at radius 3 is 1.37 bits per heavy atom. The van der Waals surface area contributed by atoms with Crippen LogP contribution < -0.4 is 14.9 Å². The first-order valence-electron chi connectivity index (χ1n) is 29.6. The third-order valence-corrected chi connectivity index (χ3v) is 23.0. The molecule has 2 aromatic carbocycles. The number of aliphatic hydroxyl groups excluding tert-OH is 2. The fourth-order valence-electron chi connectivity index (χ4n) is 13.5. The number of pyridine rings is 2. The van der Waals surface area contributed by atoms with Gasteiger partial charge in [0, 0.05) is 46.2 Å². The van der Waals surface area contributed by atoms with Crippen LogP contribution in [-0.4, -0.2) is 129 Å². The first-order valence-corrected chi connectivity index (χ1v) is 34.4. The van der Waals surface area contributed by atoms with Crippen LogP contribution in [0.25, 0.3) is 22.5 Å². The number of aromatic nitrogens is 4. The van der Waals surface area contributed by atoms with Gasteiger partial charge in [0.25, 0.3) is 0 Å². The summed E-state index contributed by atoms with van der Waals surface area (Å²) in [6, 6.07) is 16.6. The molecule has 4 aromatic heterocycles. The molecule has 22 nitrogen and oxygen atoms in total. The fourth-order valence-corrected chi connectivity index (χ4v) is 17.5. The molecule has 4 bridgehead atoms. The van der Waals surface area contributed by atoms with Crippen molar-refractivity contribution in [1.82, 2.24) is 20.3 Å². The van der Waals surface area contributed by atoms with Gasteiger partial charge < -0.3 is 43.6 Å². The molecule has 0 unspecified atom stereocenters. The highest BCUT2D eigenvalue weighted by atomic mass is 35.5. The Morgan fingerprint density at radius 1 is 0.596 bits per heavy atom. The second-order valence-electron chi connectivity index (χ2n) is 24.1. The number of ether oxygens (including phenoxy) is 2. The molecule has 8 fully saturated rings. The largest absolute Gasteiger partial charge is 0.477 e. The number of rotatable bonds is 18. The summed E-state index contributed by atoms with van der Waals surface area (Å²) in [4.78, 5) is 62.0. The Kier molecular flexibility index (Phi) is 18.2. The van der Waals surface area contributed by atoms with Gasteiger partial charge in [-0.15, -0.1) is 0 Å². The van der Waals surface area contributed by atoms with E-state index in [0.29, 0.717) is 118 Å². The number of benzene rings is 2. The van der Waals surface area contributed by atoms with Crippen molar-refractivity contribution in [2.75, 3.05) is 15.6 Å². The van der Waals surface area contributed by atoms with E-state index in [2.05, 4.69) is 20.3 Å². The number of carbonyl (C=O) groups excluding carboxylic acids is 3. The van der Waals surface area contributed by atoms with E-state index in [0.717, 1.165) is 54.8 Å². The number of sulfone groups is 1. The summed E-state index contributed by atoms with van der Waals surface area (Å²) >= 11 is 25.9. The highest BCUT2D eigenvalue weighted by Gasteiger charge is 2.54. The molecule has 0 radical (unpaired) electrons. The summed E-state index contributed by atoms with van der Waals surface area (Å²) in [5.74, 6) is -0.962. The number of hydrogen-bond acceptors (Lipinski definition) is 18. The number of hydrogen-bond donors (Lipinski definition) is 4. The van der Waals surface area contributed by atoms with Crippen molar-refractivity contribution in [3.8, 4) is 22.5 Å². The SMILES string of the molecule is NS(=O)(=O)[C@@H]1CCC[C@H]1O.O=C(CS(=O)(=O)[C@@H]1CCC[C@H]1O)c1ccc(N2C(=O)[C@@H]3C[C@H]2C[C@H]3OCc2c(-c3c(Cl)cccc3Cl)noc2C2CC2)cn1.O=C(O)c1ccc(N2C(=O)[C@@H]3C[C@H]2C[C@H]3OCc2c(-c3c(Cl)cccc3Cl)noc2C2CC2)cn1. The molecule has 6 heterocycles. The minimum absolute atomic E-state index is 0.0115. The van der Waals surface area contributed by atoms with Crippen molar-refractivity contribution in [2.24, 2.45) is 17.0 Å². The van der Waals surface area contributed by atoms with E-state index >= 15 is 0 Å². The van der Waals surface area contributed by atoms with E-state index in [9.17, 15) is 41.1 Å². The minimum Gasteiger partial charge on any atom is -0.477 e. The van der Waals surface area contributed by atoms with E-state index < -0.39 is 60.1 Å². The van der Waals surface area contributed by atoms with Gasteiger partial charge in [0.05, 0.1) is 98.6 Å². The monoisotopic (exact) mass is 1340 g/mol. The number of sulfonamides is 1. The summed E-state index contributed by atoms with van der Waals surface area (Å²) in [6.45, 7) is 0.467. The number of fused-ring (bicyclic) bond motifs is 4. The topological polar surface area (TPSA) is 326 Å². The first kappa shape index (κ1) is 63.3. The molecular weight excluding hydrogens is 1280 g/mol. The van der Waals surface area contributed by atoms with Crippen LogP contribution in [0.4, 0.5) is 11.4 Å². The van der Waals surface area contributed by atoms with Crippen LogP contribution in [-0.2, 0) is 52.1 Å². The number of carbonyl (C=O) groups is 4. The highest BCUT2D eigenvalue weighted by molar-refractivity contribution is 7.92. The molecule has 5 N–H and O–H groups in total. The van der Waals surface area contributed by atoms with Gasteiger partial charge in [-0.1, -0.05) is 68.8 Å². The molecule has 2 saturated heterocycles. The second kappa shape index (κ2) is 25.6. The Balaban J connectivity index is 0.000000152. The number of nitrogens with two attached hydrogens (primary N) is 1. The van der Waals surface area contributed by atoms with Crippen LogP contribution in [0.1, 0.15) is 145 Å². The smallest absolute Gasteiger partial charge is 0.354 e. The number of amides is 2. The predicted octanol–water partition coefficient (Wildman–Crippen LogP) is 9.66. The molecule has 2 aliphatic heterocycles. The van der Waals surface area contributed by atoms with E-state index in [-0.39, 0.29) is 78.5 Å². The number of ketones is 1. The molecule has 89 heavy (non-hydrogen) atoms. The molecule has 0 spiro atoms. The predicted molar refractivity (Wildman–Crippen MR) is 327 cm³/mol. The Bertz CT molecular complexity index is 3900. The van der Waals surface area contributed by atoms with Crippen LogP contribution in [0.2, 0.25) is 20.1 Å². The van der Waals surface area contributed by atoms with Crippen molar-refractivity contribution < 1.29 is 69.9 Å².